The van der Waals surface area contributed by atoms with Gasteiger partial charge in [0.2, 0.25) is 5.91 Å². The molecular weight excluding hydrogens is 228 g/mol. The molecule has 4 nitrogen and oxygen atoms in total. The van der Waals surface area contributed by atoms with E-state index in [9.17, 15) is 9.90 Å². The van der Waals surface area contributed by atoms with Gasteiger partial charge in [-0.15, -0.1) is 0 Å². The lowest BCUT2D eigenvalue weighted by Gasteiger charge is -2.16. The third-order valence-corrected chi connectivity index (χ3v) is 2.95. The number of carbonyl (C=O) groups is 1. The molecule has 100 valence electrons. The molecule has 18 heavy (non-hydrogen) atoms. The molecule has 0 aliphatic carbocycles. The van der Waals surface area contributed by atoms with Crippen LogP contribution in [0.1, 0.15) is 37.0 Å². The van der Waals surface area contributed by atoms with Gasteiger partial charge in [0.15, 0.2) is 0 Å². The van der Waals surface area contributed by atoms with Crippen molar-refractivity contribution in [2.75, 3.05) is 6.54 Å². The van der Waals surface area contributed by atoms with E-state index in [0.29, 0.717) is 6.42 Å². The zero-order chi connectivity index (χ0) is 13.5. The maximum Gasteiger partial charge on any atom is 0.237 e. The number of rotatable bonds is 6. The molecule has 0 saturated carbocycles. The quantitative estimate of drug-likeness (QED) is 0.711. The second kappa shape index (κ2) is 7.13. The second-order valence-corrected chi connectivity index (χ2v) is 4.51. The van der Waals surface area contributed by atoms with Crippen LogP contribution in [0.15, 0.2) is 24.3 Å². The maximum atomic E-state index is 11.6. The number of nitrogens with two attached hydrogens (primary N) is 1. The van der Waals surface area contributed by atoms with Crippen molar-refractivity contribution in [3.63, 3.8) is 0 Å². The molecule has 0 spiro atoms. The predicted molar refractivity (Wildman–Crippen MR) is 72.0 cm³/mol. The van der Waals surface area contributed by atoms with Crippen LogP contribution in [0.25, 0.3) is 0 Å². The maximum absolute atomic E-state index is 11.6. The van der Waals surface area contributed by atoms with Gasteiger partial charge in [-0.3, -0.25) is 4.79 Å². The molecule has 1 amide bonds. The second-order valence-electron chi connectivity index (χ2n) is 4.51. The van der Waals surface area contributed by atoms with Crippen molar-refractivity contribution in [1.82, 2.24) is 5.32 Å². The van der Waals surface area contributed by atoms with Gasteiger partial charge in [-0.25, -0.2) is 0 Å². The number of benzene rings is 1. The Bertz CT molecular complexity index is 393. The molecule has 4 heteroatoms. The van der Waals surface area contributed by atoms with Gasteiger partial charge in [0.1, 0.15) is 0 Å². The molecule has 1 aromatic rings. The van der Waals surface area contributed by atoms with Crippen LogP contribution in [0.5, 0.6) is 0 Å². The first-order valence-corrected chi connectivity index (χ1v) is 6.33. The SMILES string of the molecule is CCCC(N)C(=O)NCC(O)c1ccccc1C. The monoisotopic (exact) mass is 250 g/mol. The number of aliphatic hydroxyl groups excluding tert-OH is 1. The molecular formula is C14H22N2O2. The minimum Gasteiger partial charge on any atom is -0.387 e. The molecule has 1 rings (SSSR count). The average Bonchev–Trinajstić information content (AvgIpc) is 2.36. The number of amides is 1. The Labute approximate surface area is 108 Å². The van der Waals surface area contributed by atoms with E-state index in [1.165, 1.54) is 0 Å². The van der Waals surface area contributed by atoms with Gasteiger partial charge >= 0.3 is 0 Å². The summed E-state index contributed by atoms with van der Waals surface area (Å²) >= 11 is 0. The molecule has 0 fully saturated rings. The molecule has 0 radical (unpaired) electrons. The molecule has 4 N–H and O–H groups in total. The van der Waals surface area contributed by atoms with Gasteiger partial charge < -0.3 is 16.2 Å². The Hall–Kier alpha value is -1.39. The normalized spacial score (nSPS) is 14.0. The molecule has 2 atom stereocenters. The molecule has 0 saturated heterocycles. The molecule has 0 aliphatic heterocycles. The number of aryl methyl sites for hydroxylation is 1. The smallest absolute Gasteiger partial charge is 0.237 e. The number of hydrogen-bond donors (Lipinski definition) is 3. The fourth-order valence-electron chi connectivity index (χ4n) is 1.84. The van der Waals surface area contributed by atoms with E-state index in [0.717, 1.165) is 17.5 Å². The molecule has 0 aliphatic rings. The molecule has 1 aromatic carbocycles. The van der Waals surface area contributed by atoms with Crippen molar-refractivity contribution in [1.29, 1.82) is 0 Å². The lowest BCUT2D eigenvalue weighted by Crippen LogP contribution is -2.42. The van der Waals surface area contributed by atoms with Gasteiger partial charge in [0.25, 0.3) is 0 Å². The highest BCUT2D eigenvalue weighted by Crippen LogP contribution is 2.16. The van der Waals surface area contributed by atoms with Gasteiger partial charge in [-0.05, 0) is 24.5 Å². The lowest BCUT2D eigenvalue weighted by molar-refractivity contribution is -0.123. The van der Waals surface area contributed by atoms with Crippen LogP contribution in [-0.2, 0) is 4.79 Å². The first kappa shape index (κ1) is 14.7. The van der Waals surface area contributed by atoms with Crippen LogP contribution in [-0.4, -0.2) is 23.6 Å². The lowest BCUT2D eigenvalue weighted by atomic mass is 10.0. The topological polar surface area (TPSA) is 75.4 Å². The first-order chi connectivity index (χ1) is 8.56. The summed E-state index contributed by atoms with van der Waals surface area (Å²) in [4.78, 5) is 11.6. The van der Waals surface area contributed by atoms with Gasteiger partial charge in [-0.2, -0.15) is 0 Å². The Balaban J connectivity index is 2.49. The van der Waals surface area contributed by atoms with Crippen LogP contribution in [0.3, 0.4) is 0 Å². The zero-order valence-corrected chi connectivity index (χ0v) is 11.0. The zero-order valence-electron chi connectivity index (χ0n) is 11.0. The fraction of sp³-hybridized carbons (Fsp3) is 0.500. The van der Waals surface area contributed by atoms with Crippen molar-refractivity contribution < 1.29 is 9.90 Å². The van der Waals surface area contributed by atoms with E-state index >= 15 is 0 Å². The van der Waals surface area contributed by atoms with Crippen LogP contribution in [0.4, 0.5) is 0 Å². The van der Waals surface area contributed by atoms with Gasteiger partial charge in [0.05, 0.1) is 12.1 Å². The molecule has 2 unspecified atom stereocenters. The molecule has 0 heterocycles. The predicted octanol–water partition coefficient (Wildman–Crippen LogP) is 1.27. The standard InChI is InChI=1S/C14H22N2O2/c1-3-6-12(15)14(18)16-9-13(17)11-8-5-4-7-10(11)2/h4-5,7-8,12-13,17H,3,6,9,15H2,1-2H3,(H,16,18). The van der Waals surface area contributed by atoms with Crippen molar-refractivity contribution in [3.05, 3.63) is 35.4 Å². The summed E-state index contributed by atoms with van der Waals surface area (Å²) in [5, 5.41) is 12.7. The third kappa shape index (κ3) is 4.13. The van der Waals surface area contributed by atoms with E-state index in [1.54, 1.807) is 0 Å². The van der Waals surface area contributed by atoms with Crippen LogP contribution in [0, 0.1) is 6.92 Å². The van der Waals surface area contributed by atoms with Crippen molar-refractivity contribution >= 4 is 5.91 Å². The van der Waals surface area contributed by atoms with E-state index < -0.39 is 12.1 Å². The van der Waals surface area contributed by atoms with Gasteiger partial charge in [-0.1, -0.05) is 37.6 Å². The summed E-state index contributed by atoms with van der Waals surface area (Å²) in [6.07, 6.45) is 0.838. The Morgan fingerprint density at radius 3 is 2.72 bits per heavy atom. The van der Waals surface area contributed by atoms with E-state index in [2.05, 4.69) is 5.32 Å². The van der Waals surface area contributed by atoms with E-state index in [1.807, 2.05) is 38.1 Å². The highest BCUT2D eigenvalue weighted by Gasteiger charge is 2.15. The summed E-state index contributed by atoms with van der Waals surface area (Å²) in [6, 6.07) is 7.10. The van der Waals surface area contributed by atoms with E-state index in [-0.39, 0.29) is 12.5 Å². The van der Waals surface area contributed by atoms with Gasteiger partial charge in [0, 0.05) is 6.54 Å². The highest BCUT2D eigenvalue weighted by molar-refractivity contribution is 5.81. The Morgan fingerprint density at radius 1 is 1.44 bits per heavy atom. The summed E-state index contributed by atoms with van der Waals surface area (Å²) < 4.78 is 0. The van der Waals surface area contributed by atoms with Crippen LogP contribution >= 0.6 is 0 Å². The third-order valence-electron chi connectivity index (χ3n) is 2.95. The van der Waals surface area contributed by atoms with Crippen LogP contribution < -0.4 is 11.1 Å². The minimum atomic E-state index is -0.691. The number of aliphatic hydroxyl groups is 1. The summed E-state index contributed by atoms with van der Waals surface area (Å²) in [5.74, 6) is -0.204. The largest absolute Gasteiger partial charge is 0.387 e. The fourth-order valence-corrected chi connectivity index (χ4v) is 1.84. The minimum absolute atomic E-state index is 0.196. The highest BCUT2D eigenvalue weighted by atomic mass is 16.3. The molecule has 0 aromatic heterocycles. The first-order valence-electron chi connectivity index (χ1n) is 6.33. The van der Waals surface area contributed by atoms with E-state index in [4.69, 9.17) is 5.73 Å². The Kier molecular flexibility index (Phi) is 5.82. The van der Waals surface area contributed by atoms with Crippen molar-refractivity contribution in [3.8, 4) is 0 Å². The summed E-state index contributed by atoms with van der Waals surface area (Å²) in [5.41, 5.74) is 7.54. The number of hydrogen-bond acceptors (Lipinski definition) is 3. The molecule has 0 bridgehead atoms. The van der Waals surface area contributed by atoms with Crippen LogP contribution in [0.2, 0.25) is 0 Å². The summed E-state index contributed by atoms with van der Waals surface area (Å²) in [6.45, 7) is 4.11. The summed E-state index contributed by atoms with van der Waals surface area (Å²) in [7, 11) is 0. The van der Waals surface area contributed by atoms with Crippen molar-refractivity contribution in [2.24, 2.45) is 5.73 Å². The Morgan fingerprint density at radius 2 is 2.11 bits per heavy atom. The number of nitrogens with one attached hydrogen (secondary N) is 1. The van der Waals surface area contributed by atoms with Crippen molar-refractivity contribution in [2.45, 2.75) is 38.8 Å². The average molecular weight is 250 g/mol. The number of carbonyl (C=O) groups excluding carboxylic acids is 1.